The predicted octanol–water partition coefficient (Wildman–Crippen LogP) is 2.49. The highest BCUT2D eigenvalue weighted by atomic mass is 19.1. The standard InChI is InChI=1S/C18H28FN3O2/c1-20-18(21-10-3-11-24-13-14-4-5-14)22-12-17(23-2)15-6-8-16(19)9-7-15/h6-9,14,17H,3-5,10-13H2,1-2H3,(H2,20,21,22). The van der Waals surface area contributed by atoms with Gasteiger partial charge in [-0.15, -0.1) is 0 Å². The lowest BCUT2D eigenvalue weighted by Crippen LogP contribution is -2.40. The SMILES string of the molecule is CN=C(NCCCOCC1CC1)NCC(OC)c1ccc(F)cc1. The Labute approximate surface area is 143 Å². The van der Waals surface area contributed by atoms with Crippen molar-refractivity contribution in [2.24, 2.45) is 10.9 Å². The number of guanidine groups is 1. The molecule has 1 atom stereocenters. The van der Waals surface area contributed by atoms with Crippen LogP contribution >= 0.6 is 0 Å². The molecule has 2 rings (SSSR count). The highest BCUT2D eigenvalue weighted by molar-refractivity contribution is 5.79. The highest BCUT2D eigenvalue weighted by Gasteiger charge is 2.20. The van der Waals surface area contributed by atoms with Crippen LogP contribution in [0, 0.1) is 11.7 Å². The van der Waals surface area contributed by atoms with Crippen molar-refractivity contribution < 1.29 is 13.9 Å². The lowest BCUT2D eigenvalue weighted by Gasteiger charge is -2.18. The molecule has 0 aliphatic heterocycles. The lowest BCUT2D eigenvalue weighted by molar-refractivity contribution is 0.106. The first-order valence-corrected chi connectivity index (χ1v) is 8.53. The molecule has 0 spiro atoms. The van der Waals surface area contributed by atoms with Crippen molar-refractivity contribution in [3.8, 4) is 0 Å². The maximum absolute atomic E-state index is 13.0. The van der Waals surface area contributed by atoms with E-state index in [1.165, 1.54) is 25.0 Å². The van der Waals surface area contributed by atoms with Gasteiger partial charge in [0.15, 0.2) is 5.96 Å². The summed E-state index contributed by atoms with van der Waals surface area (Å²) < 4.78 is 24.1. The molecule has 1 aromatic carbocycles. The van der Waals surface area contributed by atoms with E-state index in [1.54, 1.807) is 26.3 Å². The first-order chi connectivity index (χ1) is 11.7. The zero-order valence-corrected chi connectivity index (χ0v) is 14.6. The van der Waals surface area contributed by atoms with Gasteiger partial charge in [-0.1, -0.05) is 12.1 Å². The number of halogens is 1. The molecule has 0 radical (unpaired) electrons. The third-order valence-corrected chi connectivity index (χ3v) is 4.01. The fraction of sp³-hybridized carbons (Fsp3) is 0.611. The monoisotopic (exact) mass is 337 g/mol. The minimum atomic E-state index is -0.247. The second kappa shape index (κ2) is 10.3. The molecule has 1 saturated carbocycles. The van der Waals surface area contributed by atoms with E-state index in [-0.39, 0.29) is 11.9 Å². The van der Waals surface area contributed by atoms with Crippen molar-refractivity contribution in [1.29, 1.82) is 0 Å². The van der Waals surface area contributed by atoms with Crippen LogP contribution in [-0.4, -0.2) is 46.4 Å². The summed E-state index contributed by atoms with van der Waals surface area (Å²) in [5, 5.41) is 6.49. The van der Waals surface area contributed by atoms with Gasteiger partial charge >= 0.3 is 0 Å². The second-order valence-electron chi connectivity index (χ2n) is 6.03. The molecule has 0 aromatic heterocycles. The Hall–Kier alpha value is -1.66. The number of hydrogen-bond acceptors (Lipinski definition) is 3. The smallest absolute Gasteiger partial charge is 0.191 e. The highest BCUT2D eigenvalue weighted by Crippen LogP contribution is 2.28. The van der Waals surface area contributed by atoms with Crippen molar-refractivity contribution in [2.45, 2.75) is 25.4 Å². The summed E-state index contributed by atoms with van der Waals surface area (Å²) in [7, 11) is 3.38. The second-order valence-corrected chi connectivity index (χ2v) is 6.03. The lowest BCUT2D eigenvalue weighted by atomic mass is 10.1. The Bertz CT molecular complexity index is 503. The van der Waals surface area contributed by atoms with Gasteiger partial charge in [0.1, 0.15) is 5.82 Å². The van der Waals surface area contributed by atoms with Crippen LogP contribution in [-0.2, 0) is 9.47 Å². The minimum absolute atomic E-state index is 0.161. The molecule has 1 aromatic rings. The summed E-state index contributed by atoms with van der Waals surface area (Å²) in [6, 6.07) is 6.35. The zero-order valence-electron chi connectivity index (χ0n) is 14.6. The molecule has 134 valence electrons. The van der Waals surface area contributed by atoms with Crippen LogP contribution in [0.1, 0.15) is 30.9 Å². The Balaban J connectivity index is 1.64. The van der Waals surface area contributed by atoms with E-state index in [0.717, 1.165) is 43.6 Å². The van der Waals surface area contributed by atoms with Crippen LogP contribution in [0.3, 0.4) is 0 Å². The average molecular weight is 337 g/mol. The molecule has 2 N–H and O–H groups in total. The third kappa shape index (κ3) is 6.84. The van der Waals surface area contributed by atoms with Crippen molar-refractivity contribution in [3.63, 3.8) is 0 Å². The van der Waals surface area contributed by atoms with Gasteiger partial charge in [-0.05, 0) is 42.9 Å². The molecular weight excluding hydrogens is 309 g/mol. The molecule has 0 amide bonds. The fourth-order valence-electron chi connectivity index (χ4n) is 2.34. The Morgan fingerprint density at radius 1 is 1.29 bits per heavy atom. The van der Waals surface area contributed by atoms with Gasteiger partial charge in [-0.25, -0.2) is 4.39 Å². The van der Waals surface area contributed by atoms with E-state index in [2.05, 4.69) is 15.6 Å². The van der Waals surface area contributed by atoms with Crippen molar-refractivity contribution in [3.05, 3.63) is 35.6 Å². The summed E-state index contributed by atoms with van der Waals surface area (Å²) in [5.41, 5.74) is 0.926. The van der Waals surface area contributed by atoms with Crippen molar-refractivity contribution in [2.75, 3.05) is 40.5 Å². The largest absolute Gasteiger partial charge is 0.381 e. The van der Waals surface area contributed by atoms with Gasteiger partial charge in [0.2, 0.25) is 0 Å². The number of ether oxygens (including phenoxy) is 2. The van der Waals surface area contributed by atoms with Gasteiger partial charge in [0.05, 0.1) is 6.10 Å². The molecule has 0 bridgehead atoms. The molecule has 24 heavy (non-hydrogen) atoms. The van der Waals surface area contributed by atoms with E-state index in [0.29, 0.717) is 6.54 Å². The van der Waals surface area contributed by atoms with Crippen LogP contribution < -0.4 is 10.6 Å². The van der Waals surface area contributed by atoms with E-state index < -0.39 is 0 Å². The minimum Gasteiger partial charge on any atom is -0.381 e. The topological polar surface area (TPSA) is 54.9 Å². The number of hydrogen-bond donors (Lipinski definition) is 2. The van der Waals surface area contributed by atoms with Crippen LogP contribution in [0.25, 0.3) is 0 Å². The molecule has 1 unspecified atom stereocenters. The summed E-state index contributed by atoms with van der Waals surface area (Å²) in [4.78, 5) is 4.20. The number of nitrogens with one attached hydrogen (secondary N) is 2. The van der Waals surface area contributed by atoms with Gasteiger partial charge in [0, 0.05) is 40.5 Å². The Kier molecular flexibility index (Phi) is 7.98. The number of methoxy groups -OCH3 is 1. The third-order valence-electron chi connectivity index (χ3n) is 4.01. The Morgan fingerprint density at radius 2 is 2.04 bits per heavy atom. The van der Waals surface area contributed by atoms with Crippen LogP contribution in [0.4, 0.5) is 4.39 Å². The van der Waals surface area contributed by atoms with Crippen LogP contribution in [0.15, 0.2) is 29.3 Å². The summed E-state index contributed by atoms with van der Waals surface area (Å²) in [5.74, 6) is 1.29. The van der Waals surface area contributed by atoms with E-state index in [1.807, 2.05) is 0 Å². The maximum atomic E-state index is 13.0. The van der Waals surface area contributed by atoms with Crippen LogP contribution in [0.2, 0.25) is 0 Å². The zero-order chi connectivity index (χ0) is 17.2. The average Bonchev–Trinajstić information content (AvgIpc) is 3.42. The number of nitrogens with zero attached hydrogens (tertiary/aromatic N) is 1. The quantitative estimate of drug-likeness (QED) is 0.391. The van der Waals surface area contributed by atoms with Crippen LogP contribution in [0.5, 0.6) is 0 Å². The van der Waals surface area contributed by atoms with E-state index >= 15 is 0 Å². The van der Waals surface area contributed by atoms with Gasteiger partial charge < -0.3 is 20.1 Å². The summed E-state index contributed by atoms with van der Waals surface area (Å²) in [6.45, 7) is 3.04. The summed E-state index contributed by atoms with van der Waals surface area (Å²) >= 11 is 0. The molecule has 5 nitrogen and oxygen atoms in total. The number of rotatable bonds is 10. The molecule has 0 heterocycles. The number of aliphatic imine (C=N–C) groups is 1. The molecule has 0 saturated heterocycles. The van der Waals surface area contributed by atoms with E-state index in [9.17, 15) is 4.39 Å². The number of benzene rings is 1. The van der Waals surface area contributed by atoms with Gasteiger partial charge in [0.25, 0.3) is 0 Å². The molecule has 1 fully saturated rings. The van der Waals surface area contributed by atoms with Gasteiger partial charge in [-0.2, -0.15) is 0 Å². The van der Waals surface area contributed by atoms with E-state index in [4.69, 9.17) is 9.47 Å². The van der Waals surface area contributed by atoms with Gasteiger partial charge in [-0.3, -0.25) is 4.99 Å². The Morgan fingerprint density at radius 3 is 2.67 bits per heavy atom. The molecule has 1 aliphatic rings. The predicted molar refractivity (Wildman–Crippen MR) is 93.7 cm³/mol. The van der Waals surface area contributed by atoms with Crippen molar-refractivity contribution in [1.82, 2.24) is 10.6 Å². The first kappa shape index (κ1) is 18.7. The normalized spacial score (nSPS) is 16.0. The molecular formula is C18H28FN3O2. The molecule has 6 heteroatoms. The first-order valence-electron chi connectivity index (χ1n) is 8.53. The van der Waals surface area contributed by atoms with Crippen molar-refractivity contribution >= 4 is 5.96 Å². The maximum Gasteiger partial charge on any atom is 0.191 e. The fourth-order valence-corrected chi connectivity index (χ4v) is 2.34. The molecule has 1 aliphatic carbocycles. The summed E-state index contributed by atoms with van der Waals surface area (Å²) in [6.07, 6.45) is 3.43.